The highest BCUT2D eigenvalue weighted by Crippen LogP contribution is 2.25. The molecule has 0 aliphatic carbocycles. The molecule has 1 saturated heterocycles. The Morgan fingerprint density at radius 3 is 2.24 bits per heavy atom. The van der Waals surface area contributed by atoms with Gasteiger partial charge in [-0.25, -0.2) is 0 Å². The Morgan fingerprint density at radius 2 is 1.56 bits per heavy atom. The number of rotatable bonds is 6. The number of methoxy groups -OCH3 is 1. The molecule has 0 bridgehead atoms. The van der Waals surface area contributed by atoms with E-state index in [0.717, 1.165) is 26.2 Å². The molecule has 0 N–H and O–H groups in total. The van der Waals surface area contributed by atoms with Crippen LogP contribution < -0.4 is 14.4 Å². The van der Waals surface area contributed by atoms with Crippen LogP contribution in [0.25, 0.3) is 0 Å². The molecule has 1 amide bonds. The average molecular weight is 340 g/mol. The van der Waals surface area contributed by atoms with Crippen molar-refractivity contribution >= 4 is 11.6 Å². The number of nitrogens with zero attached hydrogens (tertiary/aromatic N) is 2. The maximum absolute atomic E-state index is 12.4. The number of anilines is 1. The second-order valence-corrected chi connectivity index (χ2v) is 5.95. The Kier molecular flexibility index (Phi) is 5.77. The third-order valence-electron chi connectivity index (χ3n) is 4.40. The van der Waals surface area contributed by atoms with Gasteiger partial charge in [0.1, 0.15) is 0 Å². The number of benzene rings is 2. The third-order valence-corrected chi connectivity index (χ3v) is 4.40. The maximum Gasteiger partial charge on any atom is 0.226 e. The lowest BCUT2D eigenvalue weighted by atomic mass is 10.2. The van der Waals surface area contributed by atoms with Crippen molar-refractivity contribution in [2.24, 2.45) is 0 Å². The van der Waals surface area contributed by atoms with Crippen molar-refractivity contribution in [2.45, 2.75) is 6.42 Å². The molecular formula is C20H24N2O3. The number of ether oxygens (including phenoxy) is 2. The zero-order chi connectivity index (χ0) is 17.5. The summed E-state index contributed by atoms with van der Waals surface area (Å²) in [6, 6.07) is 17.8. The first kappa shape index (κ1) is 17.1. The van der Waals surface area contributed by atoms with Crippen molar-refractivity contribution in [3.05, 3.63) is 54.6 Å². The van der Waals surface area contributed by atoms with Gasteiger partial charge in [0, 0.05) is 31.9 Å². The molecule has 132 valence electrons. The fourth-order valence-corrected chi connectivity index (χ4v) is 3.00. The lowest BCUT2D eigenvalue weighted by Gasteiger charge is -2.36. The van der Waals surface area contributed by atoms with E-state index in [0.29, 0.717) is 24.5 Å². The second-order valence-electron chi connectivity index (χ2n) is 5.95. The van der Waals surface area contributed by atoms with Crippen molar-refractivity contribution in [2.75, 3.05) is 44.8 Å². The third kappa shape index (κ3) is 4.44. The fraction of sp³-hybridized carbons (Fsp3) is 0.350. The molecule has 0 unspecified atom stereocenters. The van der Waals surface area contributed by atoms with E-state index in [2.05, 4.69) is 17.0 Å². The number of hydrogen-bond donors (Lipinski definition) is 0. The number of amides is 1. The number of piperazine rings is 1. The van der Waals surface area contributed by atoms with E-state index in [-0.39, 0.29) is 5.91 Å². The predicted molar refractivity (Wildman–Crippen MR) is 98.3 cm³/mol. The van der Waals surface area contributed by atoms with Gasteiger partial charge < -0.3 is 19.3 Å². The highest BCUT2D eigenvalue weighted by molar-refractivity contribution is 5.76. The van der Waals surface area contributed by atoms with Crippen LogP contribution in [0.15, 0.2) is 54.6 Å². The number of para-hydroxylation sites is 3. The largest absolute Gasteiger partial charge is 0.493 e. The zero-order valence-corrected chi connectivity index (χ0v) is 14.6. The van der Waals surface area contributed by atoms with Crippen molar-refractivity contribution in [3.8, 4) is 11.5 Å². The van der Waals surface area contributed by atoms with Gasteiger partial charge in [0.2, 0.25) is 5.91 Å². The minimum Gasteiger partial charge on any atom is -0.493 e. The Labute approximate surface area is 148 Å². The Morgan fingerprint density at radius 1 is 0.920 bits per heavy atom. The van der Waals surface area contributed by atoms with Gasteiger partial charge in [-0.05, 0) is 24.3 Å². The van der Waals surface area contributed by atoms with Crippen LogP contribution >= 0.6 is 0 Å². The molecule has 0 saturated carbocycles. The van der Waals surface area contributed by atoms with Crippen LogP contribution in [0.2, 0.25) is 0 Å². The normalized spacial score (nSPS) is 14.3. The van der Waals surface area contributed by atoms with Crippen LogP contribution in [0, 0.1) is 0 Å². The van der Waals surface area contributed by atoms with E-state index < -0.39 is 0 Å². The van der Waals surface area contributed by atoms with Gasteiger partial charge in [0.25, 0.3) is 0 Å². The van der Waals surface area contributed by atoms with E-state index in [1.165, 1.54) is 5.69 Å². The lowest BCUT2D eigenvalue weighted by molar-refractivity contribution is -0.132. The maximum atomic E-state index is 12.4. The summed E-state index contributed by atoms with van der Waals surface area (Å²) < 4.78 is 10.9. The molecule has 1 fully saturated rings. The minimum atomic E-state index is 0.141. The van der Waals surface area contributed by atoms with Gasteiger partial charge in [-0.15, -0.1) is 0 Å². The van der Waals surface area contributed by atoms with Crippen molar-refractivity contribution < 1.29 is 14.3 Å². The molecule has 1 aliphatic rings. The first-order chi connectivity index (χ1) is 12.3. The zero-order valence-electron chi connectivity index (χ0n) is 14.6. The van der Waals surface area contributed by atoms with E-state index in [1.807, 2.05) is 47.4 Å². The summed E-state index contributed by atoms with van der Waals surface area (Å²) in [6.45, 7) is 3.59. The molecule has 0 atom stereocenters. The van der Waals surface area contributed by atoms with Crippen molar-refractivity contribution in [1.82, 2.24) is 4.90 Å². The van der Waals surface area contributed by atoms with E-state index in [1.54, 1.807) is 7.11 Å². The van der Waals surface area contributed by atoms with Crippen LogP contribution in [-0.4, -0.2) is 50.7 Å². The Balaban J connectivity index is 1.44. The van der Waals surface area contributed by atoms with Gasteiger partial charge in [-0.1, -0.05) is 30.3 Å². The fourth-order valence-electron chi connectivity index (χ4n) is 3.00. The highest BCUT2D eigenvalue weighted by Gasteiger charge is 2.21. The predicted octanol–water partition coefficient (Wildman–Crippen LogP) is 2.81. The molecule has 2 aromatic carbocycles. The summed E-state index contributed by atoms with van der Waals surface area (Å²) in [5.74, 6) is 1.50. The van der Waals surface area contributed by atoms with Gasteiger partial charge in [-0.2, -0.15) is 0 Å². The first-order valence-electron chi connectivity index (χ1n) is 8.61. The molecule has 5 nitrogen and oxygen atoms in total. The summed E-state index contributed by atoms with van der Waals surface area (Å²) in [5.41, 5.74) is 1.22. The van der Waals surface area contributed by atoms with Crippen molar-refractivity contribution in [1.29, 1.82) is 0 Å². The monoisotopic (exact) mass is 340 g/mol. The highest BCUT2D eigenvalue weighted by atomic mass is 16.5. The summed E-state index contributed by atoms with van der Waals surface area (Å²) in [6.07, 6.45) is 0.378. The topological polar surface area (TPSA) is 42.0 Å². The van der Waals surface area contributed by atoms with Crippen LogP contribution in [0.1, 0.15) is 6.42 Å². The molecule has 1 aliphatic heterocycles. The summed E-state index contributed by atoms with van der Waals surface area (Å²) in [5, 5.41) is 0. The molecular weight excluding hydrogens is 316 g/mol. The van der Waals surface area contributed by atoms with Gasteiger partial charge in [0.15, 0.2) is 11.5 Å². The molecule has 1 heterocycles. The standard InChI is InChI=1S/C20H24N2O3/c1-24-18-9-5-6-10-19(18)25-16-11-20(23)22-14-12-21(13-15-22)17-7-3-2-4-8-17/h2-10H,11-16H2,1H3. The summed E-state index contributed by atoms with van der Waals surface area (Å²) >= 11 is 0. The quantitative estimate of drug-likeness (QED) is 0.811. The number of carbonyl (C=O) groups is 1. The van der Waals surface area contributed by atoms with Crippen LogP contribution in [-0.2, 0) is 4.79 Å². The van der Waals surface area contributed by atoms with E-state index >= 15 is 0 Å². The molecule has 5 heteroatoms. The minimum absolute atomic E-state index is 0.141. The average Bonchev–Trinajstić information content (AvgIpc) is 2.69. The SMILES string of the molecule is COc1ccccc1OCCC(=O)N1CCN(c2ccccc2)CC1. The lowest BCUT2D eigenvalue weighted by Crippen LogP contribution is -2.49. The first-order valence-corrected chi connectivity index (χ1v) is 8.61. The van der Waals surface area contributed by atoms with Crippen LogP contribution in [0.5, 0.6) is 11.5 Å². The Bertz CT molecular complexity index is 682. The smallest absolute Gasteiger partial charge is 0.226 e. The van der Waals surface area contributed by atoms with E-state index in [9.17, 15) is 4.79 Å². The van der Waals surface area contributed by atoms with Crippen LogP contribution in [0.3, 0.4) is 0 Å². The molecule has 0 spiro atoms. The molecule has 0 aromatic heterocycles. The Hall–Kier alpha value is -2.69. The number of hydrogen-bond acceptors (Lipinski definition) is 4. The molecule has 0 radical (unpaired) electrons. The van der Waals surface area contributed by atoms with E-state index in [4.69, 9.17) is 9.47 Å². The van der Waals surface area contributed by atoms with Crippen molar-refractivity contribution in [3.63, 3.8) is 0 Å². The molecule has 25 heavy (non-hydrogen) atoms. The van der Waals surface area contributed by atoms with Crippen LogP contribution in [0.4, 0.5) is 5.69 Å². The van der Waals surface area contributed by atoms with Gasteiger partial charge in [0.05, 0.1) is 20.1 Å². The number of carbonyl (C=O) groups excluding carboxylic acids is 1. The molecule has 2 aromatic rings. The van der Waals surface area contributed by atoms with Gasteiger partial charge >= 0.3 is 0 Å². The molecule has 3 rings (SSSR count). The summed E-state index contributed by atoms with van der Waals surface area (Å²) in [7, 11) is 1.61. The second kappa shape index (κ2) is 8.42. The van der Waals surface area contributed by atoms with Gasteiger partial charge in [-0.3, -0.25) is 4.79 Å². The summed E-state index contributed by atoms with van der Waals surface area (Å²) in [4.78, 5) is 16.6.